The molecular weight excluding hydrogens is 252 g/mol. The Morgan fingerprint density at radius 2 is 2.00 bits per heavy atom. The summed E-state index contributed by atoms with van der Waals surface area (Å²) in [5, 5.41) is 2.92. The largest absolute Gasteiger partial charge is 0.352 e. The molecule has 2 aliphatic heterocycles. The molecule has 1 N–H and O–H groups in total. The highest BCUT2D eigenvalue weighted by molar-refractivity contribution is 5.95. The van der Waals surface area contributed by atoms with E-state index in [0.717, 1.165) is 11.1 Å². The first kappa shape index (κ1) is 12.9. The van der Waals surface area contributed by atoms with Gasteiger partial charge in [0, 0.05) is 18.5 Å². The maximum absolute atomic E-state index is 12.5. The van der Waals surface area contributed by atoms with Crippen LogP contribution in [0.5, 0.6) is 0 Å². The van der Waals surface area contributed by atoms with Crippen LogP contribution in [0, 0.1) is 0 Å². The fourth-order valence-corrected chi connectivity index (χ4v) is 3.00. The van der Waals surface area contributed by atoms with Gasteiger partial charge in [0.05, 0.1) is 0 Å². The molecule has 4 heteroatoms. The van der Waals surface area contributed by atoms with Crippen LogP contribution in [0.1, 0.15) is 36.9 Å². The highest BCUT2D eigenvalue weighted by Crippen LogP contribution is 2.39. The second-order valence-electron chi connectivity index (χ2n) is 5.65. The molecule has 0 radical (unpaired) electrons. The van der Waals surface area contributed by atoms with Crippen LogP contribution in [-0.2, 0) is 9.59 Å². The van der Waals surface area contributed by atoms with Crippen molar-refractivity contribution < 1.29 is 9.59 Å². The van der Waals surface area contributed by atoms with Crippen molar-refractivity contribution in [1.29, 1.82) is 0 Å². The lowest BCUT2D eigenvalue weighted by Crippen LogP contribution is -2.50. The Morgan fingerprint density at radius 3 is 2.70 bits per heavy atom. The van der Waals surface area contributed by atoms with Crippen LogP contribution in [0.25, 0.3) is 0 Å². The minimum Gasteiger partial charge on any atom is -0.352 e. The minimum absolute atomic E-state index is 0.0582. The fraction of sp³-hybridized carbons (Fsp3) is 0.375. The van der Waals surface area contributed by atoms with Gasteiger partial charge in [0.2, 0.25) is 11.8 Å². The van der Waals surface area contributed by atoms with E-state index in [-0.39, 0.29) is 23.8 Å². The molecule has 2 atom stereocenters. The molecule has 20 heavy (non-hydrogen) atoms. The molecule has 1 aromatic rings. The summed E-state index contributed by atoms with van der Waals surface area (Å²) in [7, 11) is 0. The van der Waals surface area contributed by atoms with E-state index in [2.05, 4.69) is 5.32 Å². The summed E-state index contributed by atoms with van der Waals surface area (Å²) in [6, 6.07) is 7.45. The van der Waals surface area contributed by atoms with Crippen molar-refractivity contribution in [1.82, 2.24) is 10.2 Å². The third kappa shape index (κ3) is 2.01. The number of carbonyl (C=O) groups excluding carboxylic acids is 2. The molecule has 2 heterocycles. The van der Waals surface area contributed by atoms with Gasteiger partial charge in [-0.1, -0.05) is 30.3 Å². The highest BCUT2D eigenvalue weighted by Gasteiger charge is 2.40. The maximum Gasteiger partial charge on any atom is 0.247 e. The molecule has 0 fully saturated rings. The van der Waals surface area contributed by atoms with Gasteiger partial charge in [-0.15, -0.1) is 0 Å². The van der Waals surface area contributed by atoms with E-state index in [0.29, 0.717) is 6.54 Å². The maximum atomic E-state index is 12.5. The Hall–Kier alpha value is -2.10. The molecular formula is C16H18N2O2. The molecule has 0 saturated heterocycles. The van der Waals surface area contributed by atoms with E-state index >= 15 is 0 Å². The lowest BCUT2D eigenvalue weighted by Gasteiger charge is -2.41. The number of rotatable bonds is 2. The van der Waals surface area contributed by atoms with Gasteiger partial charge in [-0.3, -0.25) is 9.59 Å². The first-order valence-electron chi connectivity index (χ1n) is 6.96. The van der Waals surface area contributed by atoms with E-state index in [9.17, 15) is 9.59 Å². The third-order valence-corrected chi connectivity index (χ3v) is 3.83. The SMILES string of the molecule is CC(C)NC(=O)[C@@H]1c2ccccc2C2C=CC(=O)N1C2. The molecule has 2 bridgehead atoms. The standard InChI is InChI=1S/C16H18N2O2/c1-10(2)17-16(20)15-13-6-4-3-5-12(13)11-7-8-14(19)18(15)9-11/h3-8,10-11,15H,9H2,1-2H3,(H,17,20)/t11?,15-/m0/s1. The fourth-order valence-electron chi connectivity index (χ4n) is 3.00. The van der Waals surface area contributed by atoms with Gasteiger partial charge >= 0.3 is 0 Å². The van der Waals surface area contributed by atoms with Crippen LogP contribution >= 0.6 is 0 Å². The molecule has 0 aromatic heterocycles. The van der Waals surface area contributed by atoms with Crippen LogP contribution in [0.4, 0.5) is 0 Å². The number of nitrogens with zero attached hydrogens (tertiary/aromatic N) is 1. The van der Waals surface area contributed by atoms with Crippen molar-refractivity contribution in [2.24, 2.45) is 0 Å². The third-order valence-electron chi connectivity index (χ3n) is 3.83. The van der Waals surface area contributed by atoms with Crippen molar-refractivity contribution >= 4 is 11.8 Å². The van der Waals surface area contributed by atoms with Crippen molar-refractivity contribution in [2.75, 3.05) is 6.54 Å². The monoisotopic (exact) mass is 270 g/mol. The summed E-state index contributed by atoms with van der Waals surface area (Å²) in [5.74, 6) is 0.0150. The van der Waals surface area contributed by atoms with Crippen LogP contribution in [0.15, 0.2) is 36.4 Å². The quantitative estimate of drug-likeness (QED) is 0.890. The average Bonchev–Trinajstić information content (AvgIpc) is 2.42. The summed E-state index contributed by atoms with van der Waals surface area (Å²) in [5.41, 5.74) is 2.09. The lowest BCUT2D eigenvalue weighted by molar-refractivity contribution is -0.139. The summed E-state index contributed by atoms with van der Waals surface area (Å²) in [6.07, 6.45) is 3.52. The van der Waals surface area contributed by atoms with Crippen molar-refractivity contribution in [3.05, 3.63) is 47.5 Å². The second kappa shape index (κ2) is 4.78. The van der Waals surface area contributed by atoms with E-state index < -0.39 is 6.04 Å². The minimum atomic E-state index is -0.512. The lowest BCUT2D eigenvalue weighted by atomic mass is 9.82. The van der Waals surface area contributed by atoms with E-state index in [1.165, 1.54) is 0 Å². The van der Waals surface area contributed by atoms with Crippen LogP contribution in [-0.4, -0.2) is 29.3 Å². The normalized spacial score (nSPS) is 23.8. The molecule has 3 rings (SSSR count). The molecule has 0 aliphatic carbocycles. The predicted molar refractivity (Wildman–Crippen MR) is 76.1 cm³/mol. The second-order valence-corrected chi connectivity index (χ2v) is 5.65. The molecule has 1 aromatic carbocycles. The van der Waals surface area contributed by atoms with Gasteiger partial charge in [0.25, 0.3) is 0 Å². The van der Waals surface area contributed by atoms with Crippen LogP contribution in [0.3, 0.4) is 0 Å². The number of fused-ring (bicyclic) bond motifs is 4. The van der Waals surface area contributed by atoms with Crippen LogP contribution < -0.4 is 5.32 Å². The number of hydrogen-bond acceptors (Lipinski definition) is 2. The Labute approximate surface area is 118 Å². The van der Waals surface area contributed by atoms with E-state index in [1.54, 1.807) is 11.0 Å². The number of carbonyl (C=O) groups is 2. The smallest absolute Gasteiger partial charge is 0.247 e. The Balaban J connectivity index is 2.06. The number of benzene rings is 1. The van der Waals surface area contributed by atoms with E-state index in [4.69, 9.17) is 0 Å². The predicted octanol–water partition coefficient (Wildman–Crippen LogP) is 1.75. The van der Waals surface area contributed by atoms with Gasteiger partial charge in [0.1, 0.15) is 6.04 Å². The molecule has 1 unspecified atom stereocenters. The van der Waals surface area contributed by atoms with Crippen molar-refractivity contribution in [2.45, 2.75) is 31.8 Å². The Morgan fingerprint density at radius 1 is 1.30 bits per heavy atom. The number of nitrogens with one attached hydrogen (secondary N) is 1. The van der Waals surface area contributed by atoms with Crippen LogP contribution in [0.2, 0.25) is 0 Å². The summed E-state index contributed by atoms with van der Waals surface area (Å²) < 4.78 is 0. The molecule has 104 valence electrons. The topological polar surface area (TPSA) is 49.4 Å². The van der Waals surface area contributed by atoms with Gasteiger partial charge in [-0.05, 0) is 31.1 Å². The van der Waals surface area contributed by atoms with Gasteiger partial charge < -0.3 is 10.2 Å². The van der Waals surface area contributed by atoms with Gasteiger partial charge in [-0.2, -0.15) is 0 Å². The first-order chi connectivity index (χ1) is 9.58. The molecule has 0 spiro atoms. The zero-order valence-corrected chi connectivity index (χ0v) is 11.7. The van der Waals surface area contributed by atoms with Crippen molar-refractivity contribution in [3.63, 3.8) is 0 Å². The summed E-state index contributed by atoms with van der Waals surface area (Å²) in [4.78, 5) is 26.2. The summed E-state index contributed by atoms with van der Waals surface area (Å²) in [6.45, 7) is 4.43. The van der Waals surface area contributed by atoms with Gasteiger partial charge in [0.15, 0.2) is 0 Å². The first-order valence-corrected chi connectivity index (χ1v) is 6.96. The molecule has 4 nitrogen and oxygen atoms in total. The van der Waals surface area contributed by atoms with E-state index in [1.807, 2.05) is 44.2 Å². The Bertz CT molecular complexity index is 592. The van der Waals surface area contributed by atoms with Crippen molar-refractivity contribution in [3.8, 4) is 0 Å². The zero-order valence-electron chi connectivity index (χ0n) is 11.7. The highest BCUT2D eigenvalue weighted by atomic mass is 16.2. The molecule has 2 amide bonds. The summed E-state index contributed by atoms with van der Waals surface area (Å²) >= 11 is 0. The number of amides is 2. The van der Waals surface area contributed by atoms with Gasteiger partial charge in [-0.25, -0.2) is 0 Å². The zero-order chi connectivity index (χ0) is 14.3. The molecule has 2 aliphatic rings. The Kier molecular flexibility index (Phi) is 3.08. The molecule has 0 saturated carbocycles. The number of hydrogen-bond donors (Lipinski definition) is 1. The average molecular weight is 270 g/mol.